The SMILES string of the molecule is CC(S)C(=O)N[C@@H](C)C(=O)N1CC2(C[C@H]1C(=O)O)OCCO2. The van der Waals surface area contributed by atoms with Crippen LogP contribution in [0.3, 0.4) is 0 Å². The summed E-state index contributed by atoms with van der Waals surface area (Å²) in [6, 6.07) is -1.88. The number of amides is 2. The predicted octanol–water partition coefficient (Wildman–Crippen LogP) is -0.762. The lowest BCUT2D eigenvalue weighted by Crippen LogP contribution is -2.52. The first-order chi connectivity index (χ1) is 10.3. The molecule has 0 aliphatic carbocycles. The Hall–Kier alpha value is -1.32. The number of nitrogens with zero attached hydrogens (tertiary/aromatic N) is 1. The number of carboxylic acid groups (broad SMARTS) is 1. The quantitative estimate of drug-likeness (QED) is 0.585. The van der Waals surface area contributed by atoms with Crippen LogP contribution in [-0.4, -0.2) is 70.7 Å². The molecule has 2 fully saturated rings. The molecular weight excluding hydrogens is 312 g/mol. The van der Waals surface area contributed by atoms with Crippen molar-refractivity contribution < 1.29 is 29.0 Å². The molecule has 2 rings (SSSR count). The normalized spacial score (nSPS) is 26.0. The summed E-state index contributed by atoms with van der Waals surface area (Å²) < 4.78 is 11.0. The van der Waals surface area contributed by atoms with Crippen LogP contribution in [0.4, 0.5) is 0 Å². The second-order valence-corrected chi connectivity index (χ2v) is 6.31. The average molecular weight is 332 g/mol. The number of rotatable bonds is 4. The van der Waals surface area contributed by atoms with E-state index in [-0.39, 0.29) is 13.0 Å². The van der Waals surface area contributed by atoms with Crippen molar-refractivity contribution in [3.8, 4) is 0 Å². The molecule has 8 nitrogen and oxygen atoms in total. The molecule has 3 atom stereocenters. The maximum Gasteiger partial charge on any atom is 0.326 e. The molecule has 2 N–H and O–H groups in total. The Bertz CT molecular complexity index is 477. The molecule has 124 valence electrons. The molecule has 22 heavy (non-hydrogen) atoms. The summed E-state index contributed by atoms with van der Waals surface area (Å²) in [5.41, 5.74) is 0. The van der Waals surface area contributed by atoms with Crippen molar-refractivity contribution in [2.45, 2.75) is 43.4 Å². The molecule has 0 bridgehead atoms. The van der Waals surface area contributed by atoms with Crippen LogP contribution in [0.2, 0.25) is 0 Å². The lowest BCUT2D eigenvalue weighted by Gasteiger charge is -2.26. The minimum atomic E-state index is -1.12. The first-order valence-corrected chi connectivity index (χ1v) is 7.57. The fourth-order valence-electron chi connectivity index (χ4n) is 2.64. The highest BCUT2D eigenvalue weighted by Gasteiger charge is 2.53. The van der Waals surface area contributed by atoms with Crippen molar-refractivity contribution in [1.29, 1.82) is 0 Å². The highest BCUT2D eigenvalue weighted by atomic mass is 32.1. The number of carbonyl (C=O) groups excluding carboxylic acids is 2. The number of aliphatic carboxylic acids is 1. The van der Waals surface area contributed by atoms with Crippen molar-refractivity contribution in [3.05, 3.63) is 0 Å². The van der Waals surface area contributed by atoms with E-state index in [1.807, 2.05) is 0 Å². The Morgan fingerprint density at radius 2 is 1.91 bits per heavy atom. The van der Waals surface area contributed by atoms with E-state index in [1.54, 1.807) is 6.92 Å². The van der Waals surface area contributed by atoms with Crippen LogP contribution in [0.5, 0.6) is 0 Å². The van der Waals surface area contributed by atoms with Crippen molar-refractivity contribution in [3.63, 3.8) is 0 Å². The van der Waals surface area contributed by atoms with Gasteiger partial charge in [0.1, 0.15) is 12.1 Å². The summed E-state index contributed by atoms with van der Waals surface area (Å²) in [7, 11) is 0. The Balaban J connectivity index is 2.09. The molecule has 2 saturated heterocycles. The minimum Gasteiger partial charge on any atom is -0.480 e. The smallest absolute Gasteiger partial charge is 0.326 e. The maximum atomic E-state index is 12.5. The molecule has 2 heterocycles. The summed E-state index contributed by atoms with van der Waals surface area (Å²) in [6.07, 6.45) is 0.0811. The Morgan fingerprint density at radius 1 is 1.32 bits per heavy atom. The number of hydrogen-bond acceptors (Lipinski definition) is 6. The lowest BCUT2D eigenvalue weighted by molar-refractivity contribution is -0.153. The van der Waals surface area contributed by atoms with E-state index in [0.29, 0.717) is 13.2 Å². The number of nitrogens with one attached hydrogen (secondary N) is 1. The second-order valence-electron chi connectivity index (χ2n) is 5.54. The molecule has 0 aromatic carbocycles. The molecule has 1 spiro atoms. The van der Waals surface area contributed by atoms with E-state index >= 15 is 0 Å². The first-order valence-electron chi connectivity index (χ1n) is 7.05. The summed E-state index contributed by atoms with van der Waals surface area (Å²) in [5, 5.41) is 11.3. The fourth-order valence-corrected chi connectivity index (χ4v) is 2.72. The molecule has 0 aromatic rings. The van der Waals surface area contributed by atoms with Crippen molar-refractivity contribution in [2.75, 3.05) is 19.8 Å². The van der Waals surface area contributed by atoms with Crippen LogP contribution in [0, 0.1) is 0 Å². The Kier molecular flexibility index (Phi) is 4.98. The molecule has 2 aliphatic heterocycles. The van der Waals surface area contributed by atoms with Gasteiger partial charge in [0.2, 0.25) is 11.8 Å². The van der Waals surface area contributed by atoms with Gasteiger partial charge in [-0.2, -0.15) is 12.6 Å². The van der Waals surface area contributed by atoms with Gasteiger partial charge in [-0.15, -0.1) is 0 Å². The third-order valence-electron chi connectivity index (χ3n) is 3.78. The Labute approximate surface area is 133 Å². The predicted molar refractivity (Wildman–Crippen MR) is 78.4 cm³/mol. The van der Waals surface area contributed by atoms with Crippen LogP contribution >= 0.6 is 12.6 Å². The summed E-state index contributed by atoms with van der Waals surface area (Å²) in [4.78, 5) is 36.7. The summed E-state index contributed by atoms with van der Waals surface area (Å²) >= 11 is 3.99. The van der Waals surface area contributed by atoms with Gasteiger partial charge in [0.05, 0.1) is 25.0 Å². The highest BCUT2D eigenvalue weighted by molar-refractivity contribution is 7.81. The van der Waals surface area contributed by atoms with E-state index < -0.39 is 40.9 Å². The molecule has 0 radical (unpaired) electrons. The van der Waals surface area contributed by atoms with Crippen molar-refractivity contribution in [2.24, 2.45) is 0 Å². The first kappa shape index (κ1) is 17.0. The molecule has 1 unspecified atom stereocenters. The van der Waals surface area contributed by atoms with E-state index in [0.717, 1.165) is 0 Å². The highest BCUT2D eigenvalue weighted by Crippen LogP contribution is 2.35. The standard InChI is InChI=1S/C13H20N2O6S/c1-7(14-10(16)8(2)22)11(17)15-6-13(20-3-4-21-13)5-9(15)12(18)19/h7-9,22H,3-6H2,1-2H3,(H,14,16)(H,18,19)/t7-,8?,9-/m0/s1. The average Bonchev–Trinajstić information content (AvgIpc) is 3.05. The van der Waals surface area contributed by atoms with Crippen LogP contribution < -0.4 is 5.32 Å². The van der Waals surface area contributed by atoms with E-state index in [4.69, 9.17) is 9.47 Å². The number of hydrogen-bond donors (Lipinski definition) is 3. The second kappa shape index (κ2) is 6.43. The molecule has 0 saturated carbocycles. The molecule has 2 aliphatic rings. The summed E-state index contributed by atoms with van der Waals surface area (Å²) in [5.74, 6) is -3.03. The minimum absolute atomic E-state index is 0.0411. The third-order valence-corrected chi connectivity index (χ3v) is 4.02. The Morgan fingerprint density at radius 3 is 2.41 bits per heavy atom. The van der Waals surface area contributed by atoms with Gasteiger partial charge in [0, 0.05) is 6.42 Å². The van der Waals surface area contributed by atoms with E-state index in [9.17, 15) is 19.5 Å². The van der Waals surface area contributed by atoms with E-state index in [2.05, 4.69) is 17.9 Å². The van der Waals surface area contributed by atoms with Gasteiger partial charge in [-0.1, -0.05) is 0 Å². The number of ether oxygens (including phenoxy) is 2. The molecular formula is C13H20N2O6S. The number of carboxylic acids is 1. The largest absolute Gasteiger partial charge is 0.480 e. The number of carbonyl (C=O) groups is 3. The van der Waals surface area contributed by atoms with Gasteiger partial charge in [-0.25, -0.2) is 4.79 Å². The van der Waals surface area contributed by atoms with Gasteiger partial charge in [0.15, 0.2) is 5.79 Å². The summed E-state index contributed by atoms with van der Waals surface area (Å²) in [6.45, 7) is 3.88. The fraction of sp³-hybridized carbons (Fsp3) is 0.769. The molecule has 2 amide bonds. The van der Waals surface area contributed by atoms with Gasteiger partial charge >= 0.3 is 5.97 Å². The molecule has 0 aromatic heterocycles. The lowest BCUT2D eigenvalue weighted by atomic mass is 10.1. The van der Waals surface area contributed by atoms with Crippen molar-refractivity contribution >= 4 is 30.4 Å². The zero-order chi connectivity index (χ0) is 16.5. The van der Waals surface area contributed by atoms with Crippen molar-refractivity contribution in [1.82, 2.24) is 10.2 Å². The van der Waals surface area contributed by atoms with Gasteiger partial charge in [-0.3, -0.25) is 9.59 Å². The zero-order valence-electron chi connectivity index (χ0n) is 12.4. The number of thiol groups is 1. The zero-order valence-corrected chi connectivity index (χ0v) is 13.3. The van der Waals surface area contributed by atoms with Gasteiger partial charge < -0.3 is 24.8 Å². The van der Waals surface area contributed by atoms with Crippen LogP contribution in [0.25, 0.3) is 0 Å². The van der Waals surface area contributed by atoms with Crippen LogP contribution in [0.1, 0.15) is 20.3 Å². The van der Waals surface area contributed by atoms with Gasteiger partial charge in [0.25, 0.3) is 0 Å². The topological polar surface area (TPSA) is 105 Å². The third kappa shape index (κ3) is 3.36. The monoisotopic (exact) mass is 332 g/mol. The van der Waals surface area contributed by atoms with Gasteiger partial charge in [-0.05, 0) is 13.8 Å². The van der Waals surface area contributed by atoms with E-state index in [1.165, 1.54) is 11.8 Å². The maximum absolute atomic E-state index is 12.5. The molecule has 9 heteroatoms. The van der Waals surface area contributed by atoms with Crippen LogP contribution in [-0.2, 0) is 23.9 Å². The van der Waals surface area contributed by atoms with Crippen LogP contribution in [0.15, 0.2) is 0 Å². The number of likely N-dealkylation sites (tertiary alicyclic amines) is 1.